The summed E-state index contributed by atoms with van der Waals surface area (Å²) in [5, 5.41) is 13.9. The van der Waals surface area contributed by atoms with Crippen LogP contribution in [-0.2, 0) is 27.8 Å². The summed E-state index contributed by atoms with van der Waals surface area (Å²) in [6.07, 6.45) is 0.0843. The van der Waals surface area contributed by atoms with E-state index in [-0.39, 0.29) is 24.1 Å². The lowest BCUT2D eigenvalue weighted by atomic mass is 10.2. The van der Waals surface area contributed by atoms with Crippen molar-refractivity contribution in [3.05, 3.63) is 35.3 Å². The quantitative estimate of drug-likeness (QED) is 0.394. The fourth-order valence-electron chi connectivity index (χ4n) is 2.55. The first kappa shape index (κ1) is 21.8. The van der Waals surface area contributed by atoms with Gasteiger partial charge >= 0.3 is 5.97 Å². The molecule has 1 amide bonds. The molecule has 1 aromatic carbocycles. The van der Waals surface area contributed by atoms with Crippen LogP contribution in [0.4, 0.5) is 5.13 Å². The molecule has 0 bridgehead atoms. The Morgan fingerprint density at radius 3 is 2.90 bits per heavy atom. The summed E-state index contributed by atoms with van der Waals surface area (Å²) in [6, 6.07) is 7.54. The van der Waals surface area contributed by atoms with Gasteiger partial charge in [0.15, 0.2) is 16.1 Å². The largest absolute Gasteiger partial charge is 0.497 e. The van der Waals surface area contributed by atoms with Gasteiger partial charge in [0.1, 0.15) is 5.75 Å². The number of amides is 1. The van der Waals surface area contributed by atoms with Gasteiger partial charge in [-0.2, -0.15) is 0 Å². The highest BCUT2D eigenvalue weighted by Gasteiger charge is 2.15. The van der Waals surface area contributed by atoms with Gasteiger partial charge in [-0.25, -0.2) is 4.98 Å². The molecule has 30 heavy (non-hydrogen) atoms. The number of carbonyl (C=O) groups is 2. The Kier molecular flexibility index (Phi) is 7.41. The minimum Gasteiger partial charge on any atom is -0.497 e. The van der Waals surface area contributed by atoms with Crippen molar-refractivity contribution in [2.45, 2.75) is 18.5 Å². The summed E-state index contributed by atoms with van der Waals surface area (Å²) >= 11 is 2.54. The molecule has 0 aliphatic carbocycles. The number of carbonyl (C=O) groups excluding carboxylic acids is 2. The van der Waals surface area contributed by atoms with Crippen molar-refractivity contribution in [3.63, 3.8) is 0 Å². The third kappa shape index (κ3) is 5.57. The summed E-state index contributed by atoms with van der Waals surface area (Å²) in [6.45, 7) is 2.07. The van der Waals surface area contributed by atoms with Gasteiger partial charge in [0.2, 0.25) is 5.91 Å². The standard InChI is InChI=1S/C19H21N5O4S2/c1-4-28-16(26)9-13-10-29-18(20-13)21-15(25)11-30-19-23-22-17(24(19)2)12-6-5-7-14(8-12)27-3/h5-8,10H,4,9,11H2,1-3H3,(H,20,21,25). The number of ether oxygens (including phenoxy) is 2. The van der Waals surface area contributed by atoms with Gasteiger partial charge in [0, 0.05) is 18.0 Å². The number of nitrogens with zero attached hydrogens (tertiary/aromatic N) is 4. The summed E-state index contributed by atoms with van der Waals surface area (Å²) in [5.41, 5.74) is 1.44. The summed E-state index contributed by atoms with van der Waals surface area (Å²) in [7, 11) is 3.45. The van der Waals surface area contributed by atoms with Crippen LogP contribution in [-0.4, -0.2) is 51.1 Å². The van der Waals surface area contributed by atoms with Gasteiger partial charge in [-0.05, 0) is 19.1 Å². The number of hydrogen-bond acceptors (Lipinski definition) is 9. The molecule has 0 spiro atoms. The predicted molar refractivity (Wildman–Crippen MR) is 115 cm³/mol. The van der Waals surface area contributed by atoms with Crippen LogP contribution in [0.2, 0.25) is 0 Å². The summed E-state index contributed by atoms with van der Waals surface area (Å²) < 4.78 is 12.0. The molecule has 0 unspecified atom stereocenters. The van der Waals surface area contributed by atoms with E-state index in [4.69, 9.17) is 9.47 Å². The number of methoxy groups -OCH3 is 1. The Hall–Kier alpha value is -2.92. The Morgan fingerprint density at radius 2 is 2.13 bits per heavy atom. The highest BCUT2D eigenvalue weighted by molar-refractivity contribution is 7.99. The average molecular weight is 448 g/mol. The molecule has 158 valence electrons. The monoisotopic (exact) mass is 447 g/mol. The molecule has 0 saturated heterocycles. The number of aromatic nitrogens is 4. The lowest BCUT2D eigenvalue weighted by Gasteiger charge is -2.05. The molecule has 9 nitrogen and oxygen atoms in total. The van der Waals surface area contributed by atoms with Crippen molar-refractivity contribution in [3.8, 4) is 17.1 Å². The van der Waals surface area contributed by atoms with Gasteiger partial charge in [0.25, 0.3) is 0 Å². The molecular weight excluding hydrogens is 426 g/mol. The zero-order valence-electron chi connectivity index (χ0n) is 16.7. The number of thioether (sulfide) groups is 1. The first-order valence-corrected chi connectivity index (χ1v) is 10.9. The van der Waals surface area contributed by atoms with Gasteiger partial charge < -0.3 is 19.4 Å². The molecule has 2 heterocycles. The SMILES string of the molecule is CCOC(=O)Cc1csc(NC(=O)CSc2nnc(-c3cccc(OC)c3)n2C)n1. The minimum absolute atomic E-state index is 0.0843. The fraction of sp³-hybridized carbons (Fsp3) is 0.316. The van der Waals surface area contributed by atoms with E-state index >= 15 is 0 Å². The van der Waals surface area contributed by atoms with Crippen molar-refractivity contribution >= 4 is 40.1 Å². The molecule has 1 N–H and O–H groups in total. The zero-order valence-corrected chi connectivity index (χ0v) is 18.4. The maximum absolute atomic E-state index is 12.3. The van der Waals surface area contributed by atoms with Crippen LogP contribution in [0.15, 0.2) is 34.8 Å². The first-order valence-electron chi connectivity index (χ1n) is 9.06. The van der Waals surface area contributed by atoms with Crippen LogP contribution in [0.3, 0.4) is 0 Å². The average Bonchev–Trinajstić information content (AvgIpc) is 3.32. The van der Waals surface area contributed by atoms with Crippen molar-refractivity contribution in [2.24, 2.45) is 7.05 Å². The first-order chi connectivity index (χ1) is 14.5. The Morgan fingerprint density at radius 1 is 1.30 bits per heavy atom. The van der Waals surface area contributed by atoms with Crippen LogP contribution in [0.5, 0.6) is 5.75 Å². The third-order valence-electron chi connectivity index (χ3n) is 3.92. The topological polar surface area (TPSA) is 108 Å². The number of nitrogens with one attached hydrogen (secondary N) is 1. The van der Waals surface area contributed by atoms with E-state index in [9.17, 15) is 9.59 Å². The summed E-state index contributed by atoms with van der Waals surface area (Å²) in [5.74, 6) is 1.00. The number of benzene rings is 1. The number of anilines is 1. The van der Waals surface area contributed by atoms with E-state index in [1.807, 2.05) is 35.9 Å². The number of hydrogen-bond donors (Lipinski definition) is 1. The van der Waals surface area contributed by atoms with Crippen LogP contribution < -0.4 is 10.1 Å². The van der Waals surface area contributed by atoms with E-state index < -0.39 is 0 Å². The van der Waals surface area contributed by atoms with Crippen molar-refractivity contribution in [1.29, 1.82) is 0 Å². The third-order valence-corrected chi connectivity index (χ3v) is 5.75. The number of thiazole rings is 1. The van der Waals surface area contributed by atoms with Crippen LogP contribution >= 0.6 is 23.1 Å². The molecule has 3 rings (SSSR count). The number of rotatable bonds is 9. The molecule has 2 aromatic heterocycles. The van der Waals surface area contributed by atoms with E-state index in [2.05, 4.69) is 20.5 Å². The Balaban J connectivity index is 1.56. The second kappa shape index (κ2) is 10.2. The zero-order chi connectivity index (χ0) is 21.5. The van der Waals surface area contributed by atoms with Gasteiger partial charge in [-0.1, -0.05) is 23.9 Å². The van der Waals surface area contributed by atoms with E-state index in [0.717, 1.165) is 11.3 Å². The molecule has 0 aliphatic heterocycles. The van der Waals surface area contributed by atoms with Crippen LogP contribution in [0, 0.1) is 0 Å². The Labute approximate surface area is 181 Å². The Bertz CT molecular complexity index is 1030. The van der Waals surface area contributed by atoms with Crippen LogP contribution in [0.1, 0.15) is 12.6 Å². The highest BCUT2D eigenvalue weighted by atomic mass is 32.2. The molecular formula is C19H21N5O4S2. The molecule has 0 fully saturated rings. The maximum Gasteiger partial charge on any atom is 0.311 e. The van der Waals surface area contributed by atoms with Gasteiger partial charge in [-0.3, -0.25) is 9.59 Å². The molecule has 0 radical (unpaired) electrons. The molecule has 0 aliphatic rings. The van der Waals surface area contributed by atoms with E-state index in [1.165, 1.54) is 23.1 Å². The van der Waals surface area contributed by atoms with E-state index in [0.29, 0.717) is 28.4 Å². The molecule has 0 saturated carbocycles. The lowest BCUT2D eigenvalue weighted by molar-refractivity contribution is -0.142. The predicted octanol–water partition coefficient (Wildman–Crippen LogP) is 2.78. The second-order valence-corrected chi connectivity index (χ2v) is 7.86. The van der Waals surface area contributed by atoms with Crippen molar-refractivity contribution < 1.29 is 19.1 Å². The fourth-order valence-corrected chi connectivity index (χ4v) is 3.98. The highest BCUT2D eigenvalue weighted by Crippen LogP contribution is 2.25. The van der Waals surface area contributed by atoms with Gasteiger partial charge in [-0.15, -0.1) is 21.5 Å². The van der Waals surface area contributed by atoms with E-state index in [1.54, 1.807) is 19.4 Å². The molecule has 0 atom stereocenters. The van der Waals surface area contributed by atoms with Crippen molar-refractivity contribution in [1.82, 2.24) is 19.7 Å². The lowest BCUT2D eigenvalue weighted by Crippen LogP contribution is -2.14. The number of esters is 1. The van der Waals surface area contributed by atoms with Crippen molar-refractivity contribution in [2.75, 3.05) is 24.8 Å². The smallest absolute Gasteiger partial charge is 0.311 e. The minimum atomic E-state index is -0.342. The normalized spacial score (nSPS) is 10.6. The molecule has 3 aromatic rings. The maximum atomic E-state index is 12.3. The summed E-state index contributed by atoms with van der Waals surface area (Å²) in [4.78, 5) is 28.0. The second-order valence-electron chi connectivity index (χ2n) is 6.06. The molecule has 11 heteroatoms. The van der Waals surface area contributed by atoms with Crippen LogP contribution in [0.25, 0.3) is 11.4 Å². The van der Waals surface area contributed by atoms with Gasteiger partial charge in [0.05, 0.1) is 31.6 Å².